The molecule has 1 atom stereocenters. The third-order valence-corrected chi connectivity index (χ3v) is 7.69. The maximum Gasteiger partial charge on any atom is 0.277 e. The molecule has 0 spiro atoms. The highest BCUT2D eigenvalue weighted by Crippen LogP contribution is 2.35. The molecule has 0 amide bonds. The van der Waals surface area contributed by atoms with Gasteiger partial charge in [-0.05, 0) is 55.2 Å². The van der Waals surface area contributed by atoms with Gasteiger partial charge in [-0.1, -0.05) is 40.2 Å². The summed E-state index contributed by atoms with van der Waals surface area (Å²) >= 11 is 3.27. The first kappa shape index (κ1) is 21.7. The van der Waals surface area contributed by atoms with E-state index in [4.69, 9.17) is 4.74 Å². The number of fused-ring (bicyclic) bond motifs is 1. The van der Waals surface area contributed by atoms with E-state index in [1.807, 2.05) is 24.3 Å². The van der Waals surface area contributed by atoms with E-state index >= 15 is 0 Å². The monoisotopic (exact) mass is 504 g/mol. The van der Waals surface area contributed by atoms with Crippen molar-refractivity contribution >= 4 is 25.8 Å². The highest BCUT2D eigenvalue weighted by Gasteiger charge is 2.33. The minimum Gasteiger partial charge on any atom is -0.492 e. The maximum atomic E-state index is 13.6. The molecule has 2 aromatic carbocycles. The molecule has 0 saturated carbocycles. The Kier molecular flexibility index (Phi) is 6.00. The van der Waals surface area contributed by atoms with Gasteiger partial charge in [-0.25, -0.2) is 8.42 Å². The average Bonchev–Trinajstić information content (AvgIpc) is 3.16. The molecule has 0 radical (unpaired) electrons. The van der Waals surface area contributed by atoms with Crippen molar-refractivity contribution < 1.29 is 18.3 Å². The number of aryl methyl sites for hydroxylation is 1. The third kappa shape index (κ3) is 3.93. The Morgan fingerprint density at radius 1 is 1.19 bits per heavy atom. The van der Waals surface area contributed by atoms with Crippen molar-refractivity contribution in [1.82, 2.24) is 9.55 Å². The summed E-state index contributed by atoms with van der Waals surface area (Å²) in [6, 6.07) is 13.2. The molecular weight excluding hydrogens is 484 g/mol. The van der Waals surface area contributed by atoms with Crippen molar-refractivity contribution in [2.45, 2.75) is 42.2 Å². The number of ether oxygens (including phenoxy) is 1. The molecule has 162 valence electrons. The summed E-state index contributed by atoms with van der Waals surface area (Å²) in [5.41, 5.74) is 1.25. The number of rotatable bonds is 6. The Balaban J connectivity index is 1.94. The van der Waals surface area contributed by atoms with Crippen molar-refractivity contribution in [3.05, 3.63) is 80.3 Å². The van der Waals surface area contributed by atoms with Gasteiger partial charge in [0.25, 0.3) is 5.56 Å². The van der Waals surface area contributed by atoms with E-state index in [-0.39, 0.29) is 23.4 Å². The van der Waals surface area contributed by atoms with Crippen LogP contribution in [0.4, 0.5) is 0 Å². The molecule has 9 heteroatoms. The summed E-state index contributed by atoms with van der Waals surface area (Å²) in [7, 11) is -4.29. The van der Waals surface area contributed by atoms with Crippen LogP contribution < -0.4 is 5.56 Å². The van der Waals surface area contributed by atoms with E-state index in [0.717, 1.165) is 17.5 Å². The molecule has 1 aromatic heterocycles. The highest BCUT2D eigenvalue weighted by molar-refractivity contribution is 9.10. The van der Waals surface area contributed by atoms with Gasteiger partial charge in [0, 0.05) is 11.1 Å². The third-order valence-electron chi connectivity index (χ3n) is 5.37. The Morgan fingerprint density at radius 3 is 2.61 bits per heavy atom. The van der Waals surface area contributed by atoms with Crippen LogP contribution in [0.15, 0.2) is 67.6 Å². The lowest BCUT2D eigenvalue weighted by molar-refractivity contribution is 0.122. The molecule has 0 fully saturated rings. The molecule has 0 aliphatic heterocycles. The minimum atomic E-state index is -4.29. The van der Waals surface area contributed by atoms with Gasteiger partial charge in [-0.2, -0.15) is 4.98 Å². The van der Waals surface area contributed by atoms with Crippen molar-refractivity contribution in [2.24, 2.45) is 0 Å². The summed E-state index contributed by atoms with van der Waals surface area (Å²) in [6.45, 7) is 2.17. The average molecular weight is 505 g/mol. The molecule has 31 heavy (non-hydrogen) atoms. The zero-order valence-corrected chi connectivity index (χ0v) is 19.2. The van der Waals surface area contributed by atoms with Gasteiger partial charge >= 0.3 is 0 Å². The van der Waals surface area contributed by atoms with Gasteiger partial charge in [-0.3, -0.25) is 9.36 Å². The Hall–Kier alpha value is -2.49. The quantitative estimate of drug-likeness (QED) is 0.550. The minimum absolute atomic E-state index is 0.0173. The number of hydrogen-bond donors (Lipinski definition) is 1. The fourth-order valence-corrected chi connectivity index (χ4v) is 5.54. The van der Waals surface area contributed by atoms with Gasteiger partial charge in [-0.15, -0.1) is 0 Å². The summed E-state index contributed by atoms with van der Waals surface area (Å²) in [6.07, 6.45) is 1.39. The number of nitrogens with zero attached hydrogens (tertiary/aromatic N) is 2. The van der Waals surface area contributed by atoms with Gasteiger partial charge < -0.3 is 9.84 Å². The van der Waals surface area contributed by atoms with Crippen LogP contribution in [-0.2, 0) is 27.6 Å². The van der Waals surface area contributed by atoms with Crippen LogP contribution in [0.25, 0.3) is 0 Å². The van der Waals surface area contributed by atoms with Gasteiger partial charge in [0.2, 0.25) is 15.7 Å². The summed E-state index contributed by atoms with van der Waals surface area (Å²) in [5.74, 6) is -0.619. The molecular formula is C22H21BrN2O5S. The first-order chi connectivity index (χ1) is 14.8. The van der Waals surface area contributed by atoms with E-state index in [9.17, 15) is 18.3 Å². The number of hydrogen-bond acceptors (Lipinski definition) is 6. The molecule has 0 saturated heterocycles. The smallest absolute Gasteiger partial charge is 0.277 e. The molecule has 0 unspecified atom stereocenters. The number of benzene rings is 2. The summed E-state index contributed by atoms with van der Waals surface area (Å²) in [4.78, 5) is 16.9. The normalized spacial score (nSPS) is 15.7. The van der Waals surface area contributed by atoms with Crippen molar-refractivity contribution in [2.75, 3.05) is 6.61 Å². The molecule has 3 aromatic rings. The SMILES string of the molecule is CCOCc1nc(O)c(S(=O)(=O)c2ccc(Br)cc2)c(=O)n1[C@H]1CCc2ccccc21. The van der Waals surface area contributed by atoms with E-state index < -0.39 is 26.2 Å². The zero-order valence-electron chi connectivity index (χ0n) is 16.8. The van der Waals surface area contributed by atoms with E-state index in [2.05, 4.69) is 20.9 Å². The predicted molar refractivity (Wildman–Crippen MR) is 118 cm³/mol. The largest absolute Gasteiger partial charge is 0.492 e. The molecule has 1 aliphatic carbocycles. The second kappa shape index (κ2) is 8.57. The van der Waals surface area contributed by atoms with Crippen LogP contribution in [0.5, 0.6) is 5.88 Å². The van der Waals surface area contributed by atoms with Crippen molar-refractivity contribution in [3.63, 3.8) is 0 Å². The van der Waals surface area contributed by atoms with Crippen molar-refractivity contribution in [1.29, 1.82) is 0 Å². The second-order valence-corrected chi connectivity index (χ2v) is 10.0. The van der Waals surface area contributed by atoms with Crippen molar-refractivity contribution in [3.8, 4) is 5.88 Å². The lowest BCUT2D eigenvalue weighted by Gasteiger charge is -2.21. The molecule has 1 heterocycles. The van der Waals surface area contributed by atoms with Crippen LogP contribution in [0.2, 0.25) is 0 Å². The first-order valence-electron chi connectivity index (χ1n) is 9.85. The Morgan fingerprint density at radius 2 is 1.90 bits per heavy atom. The lowest BCUT2D eigenvalue weighted by Crippen LogP contribution is -2.33. The number of aromatic hydroxyl groups is 1. The van der Waals surface area contributed by atoms with Crippen LogP contribution in [0.1, 0.15) is 36.3 Å². The number of halogens is 1. The standard InChI is InChI=1S/C22H21BrN2O5S/c1-2-30-13-19-24-21(26)20(31(28,29)16-10-8-15(23)9-11-16)22(27)25(19)18-12-7-14-5-3-4-6-17(14)18/h3-6,8-11,18,26H,2,7,12-13H2,1H3/t18-/m0/s1. The Labute approximate surface area is 188 Å². The molecule has 7 nitrogen and oxygen atoms in total. The van der Waals surface area contributed by atoms with Crippen LogP contribution >= 0.6 is 15.9 Å². The number of sulfone groups is 1. The van der Waals surface area contributed by atoms with Crippen LogP contribution in [0.3, 0.4) is 0 Å². The summed E-state index contributed by atoms with van der Waals surface area (Å²) < 4.78 is 34.0. The molecule has 4 rings (SSSR count). The van der Waals surface area contributed by atoms with Crippen LogP contribution in [-0.4, -0.2) is 29.7 Å². The second-order valence-electron chi connectivity index (χ2n) is 7.20. The molecule has 1 aliphatic rings. The van der Waals surface area contributed by atoms with Gasteiger partial charge in [0.05, 0.1) is 10.9 Å². The predicted octanol–water partition coefficient (Wildman–Crippen LogP) is 3.62. The Bertz CT molecular complexity index is 1290. The fourth-order valence-electron chi connectivity index (χ4n) is 3.94. The fraction of sp³-hybridized carbons (Fsp3) is 0.273. The van der Waals surface area contributed by atoms with E-state index in [0.29, 0.717) is 17.5 Å². The maximum absolute atomic E-state index is 13.6. The molecule has 0 bridgehead atoms. The first-order valence-corrected chi connectivity index (χ1v) is 12.1. The van der Waals surface area contributed by atoms with Gasteiger partial charge in [0.15, 0.2) is 4.90 Å². The zero-order chi connectivity index (χ0) is 22.2. The molecule has 1 N–H and O–H groups in total. The number of aromatic nitrogens is 2. The van der Waals surface area contributed by atoms with E-state index in [1.165, 1.54) is 16.7 Å². The topological polar surface area (TPSA) is 98.5 Å². The van der Waals surface area contributed by atoms with Crippen LogP contribution in [0, 0.1) is 0 Å². The lowest BCUT2D eigenvalue weighted by atomic mass is 10.1. The van der Waals surface area contributed by atoms with Gasteiger partial charge in [0.1, 0.15) is 12.4 Å². The summed E-state index contributed by atoms with van der Waals surface area (Å²) in [5, 5.41) is 10.5. The van der Waals surface area contributed by atoms with E-state index in [1.54, 1.807) is 19.1 Å². The highest BCUT2D eigenvalue weighted by atomic mass is 79.9.